The highest BCUT2D eigenvalue weighted by atomic mass is 16.5. The fourth-order valence-electron chi connectivity index (χ4n) is 5.28. The van der Waals surface area contributed by atoms with Crippen molar-refractivity contribution in [2.45, 2.75) is 31.4 Å². The second-order valence-corrected chi connectivity index (χ2v) is 7.96. The fourth-order valence-corrected chi connectivity index (χ4v) is 5.28. The van der Waals surface area contributed by atoms with Gasteiger partial charge in [0, 0.05) is 31.3 Å². The summed E-state index contributed by atoms with van der Waals surface area (Å²) in [5.74, 6) is 1.37. The molecular weight excluding hydrogens is 332 g/mol. The zero-order valence-corrected chi connectivity index (χ0v) is 14.8. The van der Waals surface area contributed by atoms with Crippen LogP contribution in [0.2, 0.25) is 0 Å². The van der Waals surface area contributed by atoms with Crippen molar-refractivity contribution in [3.8, 4) is 5.75 Å². The summed E-state index contributed by atoms with van der Waals surface area (Å²) >= 11 is 0. The number of rotatable bonds is 1. The van der Waals surface area contributed by atoms with E-state index < -0.39 is 5.72 Å². The summed E-state index contributed by atoms with van der Waals surface area (Å²) in [5, 5.41) is 3.15. The Morgan fingerprint density at radius 3 is 2.77 bits per heavy atom. The molecule has 3 saturated carbocycles. The molecule has 1 aromatic carbocycles. The summed E-state index contributed by atoms with van der Waals surface area (Å²) in [6, 6.07) is 7.42. The van der Waals surface area contributed by atoms with E-state index in [1.807, 2.05) is 23.1 Å². The maximum Gasteiger partial charge on any atom is 0.258 e. The van der Waals surface area contributed by atoms with Crippen LogP contribution in [0.5, 0.6) is 5.75 Å². The number of nitrogens with zero attached hydrogens (tertiary/aromatic N) is 1. The Labute approximate surface area is 152 Å². The van der Waals surface area contributed by atoms with Crippen LogP contribution in [0.3, 0.4) is 0 Å². The quantitative estimate of drug-likeness (QED) is 0.833. The lowest BCUT2D eigenvalue weighted by Crippen LogP contribution is -2.67. The molecule has 2 bridgehead atoms. The lowest BCUT2D eigenvalue weighted by Gasteiger charge is -2.55. The van der Waals surface area contributed by atoms with E-state index in [9.17, 15) is 9.59 Å². The first-order valence-corrected chi connectivity index (χ1v) is 9.63. The van der Waals surface area contributed by atoms with Gasteiger partial charge in [-0.15, -0.1) is 0 Å². The molecule has 3 aliphatic carbocycles. The molecule has 1 saturated heterocycles. The molecule has 4 atom stereocenters. The van der Waals surface area contributed by atoms with Crippen LogP contribution < -0.4 is 10.1 Å². The highest BCUT2D eigenvalue weighted by Gasteiger charge is 2.57. The molecule has 6 nitrogen and oxygen atoms in total. The minimum atomic E-state index is -0.643. The summed E-state index contributed by atoms with van der Waals surface area (Å²) in [6.07, 6.45) is 3.55. The molecule has 1 aromatic rings. The van der Waals surface area contributed by atoms with Crippen molar-refractivity contribution in [1.29, 1.82) is 0 Å². The predicted octanol–water partition coefficient (Wildman–Crippen LogP) is 1.80. The van der Waals surface area contributed by atoms with Gasteiger partial charge >= 0.3 is 0 Å². The molecule has 1 N–H and O–H groups in total. The highest BCUT2D eigenvalue weighted by molar-refractivity contribution is 5.98. The molecule has 0 radical (unpaired) electrons. The van der Waals surface area contributed by atoms with Gasteiger partial charge in [-0.05, 0) is 37.3 Å². The molecule has 0 aromatic heterocycles. The standard InChI is InChI=1S/C20H24N2O4/c23-18-15-3-1-2-4-17(15)26-20(21-18)12-13-5-6-14(20)11-16(13)19(24)22-7-9-25-10-8-22/h1-4,13-14,16H,5-12H2,(H,21,23)/t13-,14+,16-,20+/m0/s1. The van der Waals surface area contributed by atoms with Gasteiger partial charge in [0.1, 0.15) is 5.75 Å². The van der Waals surface area contributed by atoms with Crippen LogP contribution in [-0.4, -0.2) is 48.7 Å². The number of ether oxygens (including phenoxy) is 2. The van der Waals surface area contributed by atoms with E-state index in [1.165, 1.54) is 0 Å². The van der Waals surface area contributed by atoms with Gasteiger partial charge in [-0.3, -0.25) is 9.59 Å². The first kappa shape index (κ1) is 16.1. The minimum absolute atomic E-state index is 0.0511. The van der Waals surface area contributed by atoms with Gasteiger partial charge in [-0.25, -0.2) is 0 Å². The average molecular weight is 356 g/mol. The Bertz CT molecular complexity index is 745. The van der Waals surface area contributed by atoms with Crippen LogP contribution in [0.25, 0.3) is 0 Å². The lowest BCUT2D eigenvalue weighted by atomic mass is 9.59. The summed E-state index contributed by atoms with van der Waals surface area (Å²) in [7, 11) is 0. The van der Waals surface area contributed by atoms with Gasteiger partial charge in [-0.2, -0.15) is 0 Å². The Hall–Kier alpha value is -2.08. The van der Waals surface area contributed by atoms with E-state index in [-0.39, 0.29) is 29.6 Å². The zero-order chi connectivity index (χ0) is 17.7. The summed E-state index contributed by atoms with van der Waals surface area (Å²) in [6.45, 7) is 2.65. The van der Waals surface area contributed by atoms with Gasteiger partial charge in [0.05, 0.1) is 18.8 Å². The van der Waals surface area contributed by atoms with E-state index >= 15 is 0 Å². The van der Waals surface area contributed by atoms with E-state index in [4.69, 9.17) is 9.47 Å². The van der Waals surface area contributed by atoms with Crippen LogP contribution in [0.15, 0.2) is 24.3 Å². The number of hydrogen-bond acceptors (Lipinski definition) is 4. The van der Waals surface area contributed by atoms with Crippen molar-refractivity contribution in [1.82, 2.24) is 10.2 Å². The monoisotopic (exact) mass is 356 g/mol. The van der Waals surface area contributed by atoms with Crippen molar-refractivity contribution in [3.63, 3.8) is 0 Å². The van der Waals surface area contributed by atoms with Crippen LogP contribution >= 0.6 is 0 Å². The molecule has 138 valence electrons. The van der Waals surface area contributed by atoms with Gasteiger partial charge in [0.2, 0.25) is 5.91 Å². The maximum absolute atomic E-state index is 13.0. The molecule has 2 amide bonds. The summed E-state index contributed by atoms with van der Waals surface area (Å²) < 4.78 is 11.7. The zero-order valence-electron chi connectivity index (χ0n) is 14.8. The van der Waals surface area contributed by atoms with Crippen LogP contribution in [0.1, 0.15) is 36.0 Å². The molecule has 2 aliphatic heterocycles. The minimum Gasteiger partial charge on any atom is -0.467 e. The third-order valence-electron chi connectivity index (χ3n) is 6.61. The van der Waals surface area contributed by atoms with Crippen molar-refractivity contribution < 1.29 is 19.1 Å². The number of hydrogen-bond donors (Lipinski definition) is 1. The molecule has 6 heteroatoms. The van der Waals surface area contributed by atoms with Gasteiger partial charge in [0.15, 0.2) is 5.72 Å². The number of carbonyl (C=O) groups excluding carboxylic acids is 2. The van der Waals surface area contributed by atoms with Crippen molar-refractivity contribution in [3.05, 3.63) is 29.8 Å². The van der Waals surface area contributed by atoms with E-state index in [0.717, 1.165) is 25.7 Å². The van der Waals surface area contributed by atoms with Gasteiger partial charge < -0.3 is 19.7 Å². The first-order chi connectivity index (χ1) is 12.7. The average Bonchev–Trinajstić information content (AvgIpc) is 2.68. The fraction of sp³-hybridized carbons (Fsp3) is 0.600. The third kappa shape index (κ3) is 2.42. The van der Waals surface area contributed by atoms with Crippen LogP contribution in [-0.2, 0) is 9.53 Å². The molecular formula is C20H24N2O4. The van der Waals surface area contributed by atoms with E-state index in [1.54, 1.807) is 6.07 Å². The Morgan fingerprint density at radius 1 is 1.19 bits per heavy atom. The molecule has 2 heterocycles. The summed E-state index contributed by atoms with van der Waals surface area (Å²) in [4.78, 5) is 27.6. The van der Waals surface area contributed by atoms with Crippen molar-refractivity contribution in [2.24, 2.45) is 17.8 Å². The normalized spacial score (nSPS) is 35.6. The van der Waals surface area contributed by atoms with E-state index in [2.05, 4.69) is 5.32 Å². The smallest absolute Gasteiger partial charge is 0.258 e. The predicted molar refractivity (Wildman–Crippen MR) is 93.6 cm³/mol. The molecule has 6 rings (SSSR count). The SMILES string of the molecule is O=C1N[C@]2(C[C@@H]3CC[C@@H]2C[C@@H]3C(=O)N2CCOCC2)Oc2ccccc21. The molecule has 5 aliphatic rings. The first-order valence-electron chi connectivity index (χ1n) is 9.63. The number of fused-ring (bicyclic) bond motifs is 3. The van der Waals surface area contributed by atoms with Gasteiger partial charge in [0.25, 0.3) is 5.91 Å². The molecule has 4 fully saturated rings. The number of benzene rings is 1. The molecule has 26 heavy (non-hydrogen) atoms. The second-order valence-electron chi connectivity index (χ2n) is 7.96. The lowest BCUT2D eigenvalue weighted by molar-refractivity contribution is -0.158. The topological polar surface area (TPSA) is 67.9 Å². The Kier molecular flexibility index (Phi) is 3.71. The Balaban J connectivity index is 1.38. The third-order valence-corrected chi connectivity index (χ3v) is 6.61. The largest absolute Gasteiger partial charge is 0.467 e. The van der Waals surface area contributed by atoms with Crippen molar-refractivity contribution >= 4 is 11.8 Å². The summed E-state index contributed by atoms with van der Waals surface area (Å²) in [5.41, 5.74) is -0.0450. The number of carbonyl (C=O) groups is 2. The van der Waals surface area contributed by atoms with E-state index in [0.29, 0.717) is 37.6 Å². The number of morpholine rings is 1. The number of amides is 2. The van der Waals surface area contributed by atoms with Crippen LogP contribution in [0.4, 0.5) is 0 Å². The van der Waals surface area contributed by atoms with Crippen LogP contribution in [0, 0.1) is 17.8 Å². The van der Waals surface area contributed by atoms with Crippen molar-refractivity contribution in [2.75, 3.05) is 26.3 Å². The highest BCUT2D eigenvalue weighted by Crippen LogP contribution is 2.52. The molecule has 0 unspecified atom stereocenters. The number of para-hydroxylation sites is 1. The maximum atomic E-state index is 13.0. The second kappa shape index (κ2) is 5.98. The molecule has 1 spiro atoms. The number of nitrogens with one attached hydrogen (secondary N) is 1. The Morgan fingerprint density at radius 2 is 2.00 bits per heavy atom. The van der Waals surface area contributed by atoms with Gasteiger partial charge in [-0.1, -0.05) is 12.1 Å².